The third kappa shape index (κ3) is 3.20. The van der Waals surface area contributed by atoms with E-state index in [-0.39, 0.29) is 12.4 Å². The van der Waals surface area contributed by atoms with Gasteiger partial charge in [0.05, 0.1) is 12.9 Å². The highest BCUT2D eigenvalue weighted by molar-refractivity contribution is 8.06. The fraction of sp³-hybridized carbons (Fsp3) is 0.500. The number of hydrogen-bond donors (Lipinski definition) is 5. The van der Waals surface area contributed by atoms with E-state index in [9.17, 15) is 10.2 Å². The van der Waals surface area contributed by atoms with E-state index in [1.54, 1.807) is 0 Å². The molecule has 0 aromatic carbocycles. The standard InChI is InChI=1S/C10H14N5O6PS/c11-8-5-9(13-2-12-8)15(3-14-5)10-7(17)6(16)4(21-10)1-20-22(18,19)23/h2-4,6-7,10,16-17H,1H2,(H2,11,12,13)(H2,18,19,23)/t4-,6-,7-,10?/m1/s1. The van der Waals surface area contributed by atoms with Gasteiger partial charge in [-0.2, -0.15) is 0 Å². The zero-order chi connectivity index (χ0) is 16.8. The highest BCUT2D eigenvalue weighted by atomic mass is 32.5. The summed E-state index contributed by atoms with van der Waals surface area (Å²) in [6.07, 6.45) is -2.06. The highest BCUT2D eigenvalue weighted by Gasteiger charge is 2.44. The smallest absolute Gasteiger partial charge is 0.321 e. The van der Waals surface area contributed by atoms with Crippen LogP contribution in [0.2, 0.25) is 0 Å². The molecule has 3 heterocycles. The van der Waals surface area contributed by atoms with E-state index >= 15 is 0 Å². The number of hydrogen-bond acceptors (Lipinski definition) is 9. The van der Waals surface area contributed by atoms with Gasteiger partial charge in [-0.25, -0.2) is 15.0 Å². The van der Waals surface area contributed by atoms with Gasteiger partial charge in [-0.15, -0.1) is 0 Å². The average Bonchev–Trinajstić information content (AvgIpc) is 3.01. The van der Waals surface area contributed by atoms with Crippen LogP contribution in [0.5, 0.6) is 0 Å². The first-order chi connectivity index (χ1) is 10.8. The first-order valence-corrected chi connectivity index (χ1v) is 9.05. The number of rotatable bonds is 4. The number of nitrogens with two attached hydrogens (primary N) is 1. The molecule has 0 saturated carbocycles. The number of fused-ring (bicyclic) bond motifs is 1. The summed E-state index contributed by atoms with van der Waals surface area (Å²) in [7, 11) is 0. The summed E-state index contributed by atoms with van der Waals surface area (Å²) < 4.78 is 11.6. The lowest BCUT2D eigenvalue weighted by atomic mass is 10.1. The minimum atomic E-state index is -3.89. The molecule has 1 saturated heterocycles. The van der Waals surface area contributed by atoms with E-state index in [1.165, 1.54) is 17.2 Å². The molecule has 11 nitrogen and oxygen atoms in total. The molecule has 0 bridgehead atoms. The fourth-order valence-corrected chi connectivity index (χ4v) is 2.85. The van der Waals surface area contributed by atoms with E-state index < -0.39 is 31.3 Å². The molecule has 0 spiro atoms. The van der Waals surface area contributed by atoms with Crippen molar-refractivity contribution in [1.82, 2.24) is 19.5 Å². The molecule has 6 N–H and O–H groups in total. The molecule has 1 fully saturated rings. The van der Waals surface area contributed by atoms with Crippen molar-refractivity contribution in [2.45, 2.75) is 24.5 Å². The van der Waals surface area contributed by atoms with Crippen molar-refractivity contribution in [3.8, 4) is 0 Å². The second-order valence-electron chi connectivity index (χ2n) is 4.92. The lowest BCUT2D eigenvalue weighted by Crippen LogP contribution is -2.33. The van der Waals surface area contributed by atoms with Gasteiger partial charge in [0, 0.05) is 0 Å². The SMILES string of the molecule is Nc1ncnc2c1ncn2C1O[C@H](COP(O)(O)=S)[C@@H](O)[C@H]1O. The summed E-state index contributed by atoms with van der Waals surface area (Å²) in [5, 5.41) is 20.2. The molecule has 0 aliphatic carbocycles. The Morgan fingerprint density at radius 3 is 2.74 bits per heavy atom. The number of aliphatic hydroxyl groups is 2. The van der Waals surface area contributed by atoms with Crippen LogP contribution in [-0.2, 0) is 21.1 Å². The van der Waals surface area contributed by atoms with Gasteiger partial charge < -0.3 is 35.0 Å². The van der Waals surface area contributed by atoms with Gasteiger partial charge in [-0.05, 0) is 11.8 Å². The summed E-state index contributed by atoms with van der Waals surface area (Å²) in [5.41, 5.74) is 6.35. The van der Waals surface area contributed by atoms with Gasteiger partial charge in [0.1, 0.15) is 30.2 Å². The molecule has 0 amide bonds. The topological polar surface area (TPSA) is 169 Å². The minimum Gasteiger partial charge on any atom is -0.387 e. The average molecular weight is 363 g/mol. The van der Waals surface area contributed by atoms with Gasteiger partial charge in [0.15, 0.2) is 17.7 Å². The molecule has 23 heavy (non-hydrogen) atoms. The van der Waals surface area contributed by atoms with Crippen LogP contribution in [0.4, 0.5) is 5.82 Å². The van der Waals surface area contributed by atoms with Crippen LogP contribution < -0.4 is 5.73 Å². The van der Waals surface area contributed by atoms with E-state index in [4.69, 9.17) is 20.3 Å². The first-order valence-electron chi connectivity index (χ1n) is 6.42. The maximum absolute atomic E-state index is 10.2. The van der Waals surface area contributed by atoms with Crippen molar-refractivity contribution in [3.63, 3.8) is 0 Å². The third-order valence-electron chi connectivity index (χ3n) is 3.41. The molecule has 1 unspecified atom stereocenters. The first kappa shape index (κ1) is 16.6. The maximum atomic E-state index is 10.2. The number of ether oxygens (including phenoxy) is 1. The molecule has 2 aromatic heterocycles. The molecule has 3 rings (SSSR count). The normalized spacial score (nSPS) is 28.5. The van der Waals surface area contributed by atoms with Crippen molar-refractivity contribution in [2.24, 2.45) is 0 Å². The zero-order valence-corrected chi connectivity index (χ0v) is 13.2. The second kappa shape index (κ2) is 6.00. The Kier molecular flexibility index (Phi) is 4.33. The third-order valence-corrected chi connectivity index (χ3v) is 4.21. The van der Waals surface area contributed by atoms with Crippen LogP contribution in [0.25, 0.3) is 11.2 Å². The van der Waals surface area contributed by atoms with Crippen molar-refractivity contribution >= 4 is 35.5 Å². The zero-order valence-electron chi connectivity index (χ0n) is 11.5. The van der Waals surface area contributed by atoms with E-state index in [0.717, 1.165) is 0 Å². The summed E-state index contributed by atoms with van der Waals surface area (Å²) in [4.78, 5) is 30.0. The Bertz CT molecular complexity index is 767. The van der Waals surface area contributed by atoms with Crippen LogP contribution in [0.15, 0.2) is 12.7 Å². The van der Waals surface area contributed by atoms with E-state index in [2.05, 4.69) is 31.3 Å². The van der Waals surface area contributed by atoms with E-state index in [1.807, 2.05) is 0 Å². The van der Waals surface area contributed by atoms with Gasteiger partial charge >= 0.3 is 6.72 Å². The Morgan fingerprint density at radius 1 is 1.30 bits per heavy atom. The van der Waals surface area contributed by atoms with Gasteiger partial charge in [0.25, 0.3) is 0 Å². The summed E-state index contributed by atoms with van der Waals surface area (Å²) in [6, 6.07) is 0. The van der Waals surface area contributed by atoms with Gasteiger partial charge in [0.2, 0.25) is 0 Å². The lowest BCUT2D eigenvalue weighted by Gasteiger charge is -2.16. The number of nitrogen functional groups attached to an aromatic ring is 1. The molecule has 126 valence electrons. The van der Waals surface area contributed by atoms with Crippen LogP contribution in [0.3, 0.4) is 0 Å². The predicted octanol–water partition coefficient (Wildman–Crippen LogP) is -1.75. The molecule has 13 heteroatoms. The molecule has 2 aromatic rings. The Balaban J connectivity index is 1.85. The Hall–Kier alpha value is -1.24. The molecular formula is C10H14N5O6PS. The Morgan fingerprint density at radius 2 is 2.04 bits per heavy atom. The van der Waals surface area contributed by atoms with Crippen molar-refractivity contribution in [3.05, 3.63) is 12.7 Å². The van der Waals surface area contributed by atoms with Crippen molar-refractivity contribution in [1.29, 1.82) is 0 Å². The van der Waals surface area contributed by atoms with Crippen LogP contribution in [0.1, 0.15) is 6.23 Å². The van der Waals surface area contributed by atoms with Crippen molar-refractivity contribution in [2.75, 3.05) is 12.3 Å². The van der Waals surface area contributed by atoms with Crippen LogP contribution in [0, 0.1) is 0 Å². The quantitative estimate of drug-likeness (QED) is 0.391. The summed E-state index contributed by atoms with van der Waals surface area (Å²) in [6.45, 7) is -4.27. The monoisotopic (exact) mass is 363 g/mol. The molecule has 0 radical (unpaired) electrons. The minimum absolute atomic E-state index is 0.169. The lowest BCUT2D eigenvalue weighted by molar-refractivity contribution is -0.0487. The maximum Gasteiger partial charge on any atom is 0.321 e. The van der Waals surface area contributed by atoms with Crippen LogP contribution >= 0.6 is 6.72 Å². The van der Waals surface area contributed by atoms with Crippen molar-refractivity contribution < 1.29 is 29.3 Å². The Labute approximate surface area is 134 Å². The molecular weight excluding hydrogens is 349 g/mol. The molecule has 4 atom stereocenters. The largest absolute Gasteiger partial charge is 0.387 e. The number of nitrogens with zero attached hydrogens (tertiary/aromatic N) is 4. The fourth-order valence-electron chi connectivity index (χ4n) is 2.32. The van der Waals surface area contributed by atoms with Gasteiger partial charge in [-0.3, -0.25) is 4.57 Å². The van der Waals surface area contributed by atoms with Gasteiger partial charge in [-0.1, -0.05) is 0 Å². The summed E-state index contributed by atoms with van der Waals surface area (Å²) >= 11 is 4.33. The van der Waals surface area contributed by atoms with E-state index in [0.29, 0.717) is 11.2 Å². The number of imidazole rings is 1. The van der Waals surface area contributed by atoms with Crippen LogP contribution in [-0.4, -0.2) is 64.4 Å². The number of anilines is 1. The summed E-state index contributed by atoms with van der Waals surface area (Å²) in [5.74, 6) is 0.169. The second-order valence-corrected chi connectivity index (χ2v) is 7.58. The number of aliphatic hydroxyl groups excluding tert-OH is 2. The number of aromatic nitrogens is 4. The highest BCUT2D eigenvalue weighted by Crippen LogP contribution is 2.39. The molecule has 1 aliphatic heterocycles. The predicted molar refractivity (Wildman–Crippen MR) is 80.3 cm³/mol. The molecule has 1 aliphatic rings.